The van der Waals surface area contributed by atoms with Gasteiger partial charge in [-0.1, -0.05) is 0 Å². The molecule has 0 amide bonds. The van der Waals surface area contributed by atoms with Crippen LogP contribution in [0.15, 0.2) is 36.8 Å². The molecule has 0 spiro atoms. The third-order valence-corrected chi connectivity index (χ3v) is 2.19. The van der Waals surface area contributed by atoms with E-state index in [1.165, 1.54) is 0 Å². The number of hydrogen-bond donors (Lipinski definition) is 1. The first kappa shape index (κ1) is 16.4. The minimum atomic E-state index is -1.71. The van der Waals surface area contributed by atoms with E-state index in [9.17, 15) is 30.1 Å². The first-order valence-corrected chi connectivity index (χ1v) is 5.54. The van der Waals surface area contributed by atoms with E-state index < -0.39 is 32.8 Å². The molecule has 0 saturated heterocycles. The molecule has 3 N–H and O–H groups in total. The molecule has 2 rings (SSSR count). The van der Waals surface area contributed by atoms with Crippen LogP contribution in [-0.2, 0) is 0 Å². The zero-order valence-corrected chi connectivity index (χ0v) is 10.8. The Labute approximate surface area is 122 Å². The molecule has 11 heteroatoms. The molecule has 114 valence electrons. The second-order valence-electron chi connectivity index (χ2n) is 3.72. The molecule has 0 fully saturated rings. The summed E-state index contributed by atoms with van der Waals surface area (Å²) in [5.74, 6) is -1.19. The molecule has 0 aliphatic heterocycles. The van der Waals surface area contributed by atoms with Crippen LogP contribution in [0.5, 0.6) is 0 Å². The molecular weight excluding hydrogens is 298 g/mol. The van der Waals surface area contributed by atoms with Crippen molar-refractivity contribution in [3.63, 3.8) is 0 Å². The summed E-state index contributed by atoms with van der Waals surface area (Å²) >= 11 is 0. The third-order valence-electron chi connectivity index (χ3n) is 2.19. The van der Waals surface area contributed by atoms with Gasteiger partial charge in [-0.3, -0.25) is 20.2 Å². The van der Waals surface area contributed by atoms with E-state index in [2.05, 4.69) is 9.97 Å². The Morgan fingerprint density at radius 3 is 1.95 bits per heavy atom. The van der Waals surface area contributed by atoms with Gasteiger partial charge in [0.15, 0.2) is 12.0 Å². The molecule has 0 unspecified atom stereocenters. The van der Waals surface area contributed by atoms with Gasteiger partial charge >= 0.3 is 0 Å². The molecule has 1 aromatic heterocycles. The number of carboxylic acids is 1. The number of nitro groups is 2. The van der Waals surface area contributed by atoms with Gasteiger partial charge in [-0.15, -0.1) is 0 Å². The maximum absolute atomic E-state index is 10.4. The standard InChI is InChI=1S/C7H4N2O6.C4H5N3/c10-7(11)4-1-5(8(12)13)3-6(2-4)9(14)15;5-4-3-6-1-2-7-4/h1-3H,(H,10,11);1-3H,(H2,5,7). The van der Waals surface area contributed by atoms with Gasteiger partial charge in [-0.2, -0.15) is 0 Å². The molecule has 0 atom stereocenters. The second kappa shape index (κ2) is 7.23. The van der Waals surface area contributed by atoms with Crippen LogP contribution in [0.3, 0.4) is 0 Å². The van der Waals surface area contributed by atoms with Crippen LogP contribution in [0, 0.1) is 20.2 Å². The quantitative estimate of drug-likeness (QED) is 0.573. The molecule has 0 aliphatic carbocycles. The van der Waals surface area contributed by atoms with E-state index in [-0.39, 0.29) is 0 Å². The number of anilines is 1. The summed E-state index contributed by atoms with van der Waals surface area (Å²) in [4.78, 5) is 35.7. The van der Waals surface area contributed by atoms with E-state index in [0.29, 0.717) is 24.0 Å². The Balaban J connectivity index is 0.000000287. The number of aromatic amines is 1. The summed E-state index contributed by atoms with van der Waals surface area (Å²) in [5.41, 5.74) is 3.29. The Morgan fingerprint density at radius 1 is 1.14 bits per heavy atom. The number of aromatic nitrogens is 2. The van der Waals surface area contributed by atoms with Gasteiger partial charge in [-0.05, 0) is 0 Å². The van der Waals surface area contributed by atoms with Gasteiger partial charge < -0.3 is 15.6 Å². The molecule has 0 bridgehead atoms. The largest absolute Gasteiger partial charge is 0.545 e. The summed E-state index contributed by atoms with van der Waals surface area (Å²) in [5, 5.41) is 31.0. The predicted octanol–water partition coefficient (Wildman–Crippen LogP) is -0.656. The topological polar surface area (TPSA) is 179 Å². The molecule has 0 aliphatic rings. The van der Waals surface area contributed by atoms with Crippen molar-refractivity contribution in [2.45, 2.75) is 0 Å². The summed E-state index contributed by atoms with van der Waals surface area (Å²) < 4.78 is 0. The molecule has 22 heavy (non-hydrogen) atoms. The van der Waals surface area contributed by atoms with Crippen molar-refractivity contribution in [2.75, 3.05) is 5.73 Å². The number of carbonyl (C=O) groups is 1. The lowest BCUT2D eigenvalue weighted by Crippen LogP contribution is -2.22. The zero-order chi connectivity index (χ0) is 16.7. The van der Waals surface area contributed by atoms with Crippen LogP contribution in [0.25, 0.3) is 0 Å². The first-order valence-electron chi connectivity index (χ1n) is 5.54. The third kappa shape index (κ3) is 4.80. The maximum atomic E-state index is 10.4. The normalized spacial score (nSPS) is 9.27. The Morgan fingerprint density at radius 2 is 1.68 bits per heavy atom. The van der Waals surface area contributed by atoms with Crippen molar-refractivity contribution >= 4 is 23.2 Å². The fraction of sp³-hybridized carbons (Fsp3) is 0. The van der Waals surface area contributed by atoms with Gasteiger partial charge in [0, 0.05) is 17.7 Å². The summed E-state index contributed by atoms with van der Waals surface area (Å²) in [6.45, 7) is 0. The van der Waals surface area contributed by atoms with Crippen molar-refractivity contribution in [3.05, 3.63) is 62.6 Å². The Bertz CT molecular complexity index is 626. The molecule has 1 aromatic carbocycles. The fourth-order valence-corrected chi connectivity index (χ4v) is 1.26. The van der Waals surface area contributed by atoms with E-state index in [4.69, 9.17) is 5.73 Å². The lowest BCUT2D eigenvalue weighted by molar-refractivity contribution is -0.394. The number of non-ortho nitro benzene ring substituents is 2. The number of H-pyrrole nitrogens is 1. The van der Waals surface area contributed by atoms with Gasteiger partial charge in [0.1, 0.15) is 0 Å². The first-order chi connectivity index (χ1) is 10.3. The minimum absolute atomic E-state index is 0.516. The van der Waals surface area contributed by atoms with E-state index >= 15 is 0 Å². The highest BCUT2D eigenvalue weighted by Crippen LogP contribution is 2.22. The Kier molecular flexibility index (Phi) is 5.40. The van der Waals surface area contributed by atoms with Crippen molar-refractivity contribution in [1.82, 2.24) is 4.98 Å². The van der Waals surface area contributed by atoms with Gasteiger partial charge in [0.05, 0.1) is 28.1 Å². The number of carbonyl (C=O) groups excluding carboxylic acids is 1. The zero-order valence-electron chi connectivity index (χ0n) is 10.8. The minimum Gasteiger partial charge on any atom is -0.545 e. The van der Waals surface area contributed by atoms with Crippen LogP contribution in [-0.4, -0.2) is 20.8 Å². The highest BCUT2D eigenvalue weighted by atomic mass is 16.6. The summed E-state index contributed by atoms with van der Waals surface area (Å²) in [6, 6.07) is 2.07. The number of benzene rings is 1. The molecule has 0 saturated carbocycles. The van der Waals surface area contributed by atoms with E-state index in [0.717, 1.165) is 0 Å². The lowest BCUT2D eigenvalue weighted by Gasteiger charge is -2.01. The van der Waals surface area contributed by atoms with Crippen molar-refractivity contribution < 1.29 is 24.7 Å². The number of nitrogens with one attached hydrogen (secondary N) is 1. The van der Waals surface area contributed by atoms with Gasteiger partial charge in [-0.25, -0.2) is 9.97 Å². The van der Waals surface area contributed by atoms with Crippen molar-refractivity contribution in [3.8, 4) is 0 Å². The molecular formula is C11H9N5O6. The van der Waals surface area contributed by atoms with Gasteiger partial charge in [0.2, 0.25) is 6.20 Å². The average molecular weight is 307 g/mol. The molecule has 0 radical (unpaired) electrons. The number of nitrogen functional groups attached to an aromatic ring is 1. The van der Waals surface area contributed by atoms with Crippen molar-refractivity contribution in [1.29, 1.82) is 0 Å². The maximum Gasteiger partial charge on any atom is 0.276 e. The number of nitrogens with zero attached hydrogens (tertiary/aromatic N) is 3. The molecule has 11 nitrogen and oxygen atoms in total. The average Bonchev–Trinajstić information content (AvgIpc) is 2.48. The van der Waals surface area contributed by atoms with Gasteiger partial charge in [0.25, 0.3) is 11.4 Å². The van der Waals surface area contributed by atoms with E-state index in [1.807, 2.05) is 0 Å². The lowest BCUT2D eigenvalue weighted by atomic mass is 10.2. The highest BCUT2D eigenvalue weighted by molar-refractivity contribution is 5.87. The highest BCUT2D eigenvalue weighted by Gasteiger charge is 2.16. The number of rotatable bonds is 3. The van der Waals surface area contributed by atoms with E-state index in [1.54, 1.807) is 18.6 Å². The number of carboxylic acid groups (broad SMARTS) is 1. The summed E-state index contributed by atoms with van der Waals surface area (Å²) in [6.07, 6.45) is 4.94. The SMILES string of the molecule is Nc1c[nH+]ccn1.O=C([O-])c1cc([N+](=O)[O-])cc([N+](=O)[O-])c1. The number of nitrogens with two attached hydrogens (primary N) is 1. The van der Waals surface area contributed by atoms with Crippen LogP contribution in [0.1, 0.15) is 10.4 Å². The Hall–Kier alpha value is -3.63. The molecule has 1 heterocycles. The fourth-order valence-electron chi connectivity index (χ4n) is 1.26. The van der Waals surface area contributed by atoms with Crippen molar-refractivity contribution in [2.24, 2.45) is 0 Å². The number of aromatic carboxylic acids is 1. The number of nitro benzene ring substituents is 2. The van der Waals surface area contributed by atoms with Crippen LogP contribution < -0.4 is 15.8 Å². The van der Waals surface area contributed by atoms with Crippen LogP contribution >= 0.6 is 0 Å². The monoisotopic (exact) mass is 307 g/mol. The van der Waals surface area contributed by atoms with Crippen LogP contribution in [0.2, 0.25) is 0 Å². The second-order valence-corrected chi connectivity index (χ2v) is 3.72. The molecule has 2 aromatic rings. The predicted molar refractivity (Wildman–Crippen MR) is 69.3 cm³/mol. The number of hydrogen-bond acceptors (Lipinski definition) is 8. The summed E-state index contributed by atoms with van der Waals surface area (Å²) in [7, 11) is 0. The van der Waals surface area contributed by atoms with Crippen LogP contribution in [0.4, 0.5) is 17.2 Å². The smallest absolute Gasteiger partial charge is 0.276 e.